The summed E-state index contributed by atoms with van der Waals surface area (Å²) in [5.41, 5.74) is 0.365. The summed E-state index contributed by atoms with van der Waals surface area (Å²) < 4.78 is 11.8. The van der Waals surface area contributed by atoms with E-state index in [0.717, 1.165) is 0 Å². The molecule has 1 fully saturated rings. The highest BCUT2D eigenvalue weighted by atomic mass is 16.6. The summed E-state index contributed by atoms with van der Waals surface area (Å²) in [5.74, 6) is -0.974. The van der Waals surface area contributed by atoms with Crippen LogP contribution in [0.5, 0.6) is 0 Å². The summed E-state index contributed by atoms with van der Waals surface area (Å²) in [6.07, 6.45) is -0.141. The van der Waals surface area contributed by atoms with Crippen molar-refractivity contribution in [2.45, 2.75) is 46.4 Å². The average Bonchev–Trinajstić information content (AvgIpc) is 2.77. The number of aromatic nitrogens is 2. The van der Waals surface area contributed by atoms with Gasteiger partial charge in [-0.15, -0.1) is 0 Å². The number of hydrogen-bond donors (Lipinski definition) is 0. The number of amides is 1. The van der Waals surface area contributed by atoms with Crippen LogP contribution in [-0.2, 0) is 25.6 Å². The number of carbonyl (C=O) groups excluding carboxylic acids is 2. The van der Waals surface area contributed by atoms with Crippen LogP contribution >= 0.6 is 0 Å². The number of nitro groups is 1. The first-order valence-corrected chi connectivity index (χ1v) is 7.96. The minimum Gasteiger partial charge on any atom is -0.454 e. The van der Waals surface area contributed by atoms with Crippen molar-refractivity contribution < 1.29 is 24.0 Å². The number of esters is 1. The topological polar surface area (TPSA) is 117 Å². The van der Waals surface area contributed by atoms with Gasteiger partial charge in [0.1, 0.15) is 17.9 Å². The lowest BCUT2D eigenvalue weighted by atomic mass is 10.2. The molecular weight excluding hydrogens is 332 g/mol. The minimum atomic E-state index is -0.678. The molecule has 1 aliphatic heterocycles. The molecule has 1 saturated heterocycles. The molecule has 0 radical (unpaired) electrons. The molecule has 0 bridgehead atoms. The highest BCUT2D eigenvalue weighted by Gasteiger charge is 2.27. The van der Waals surface area contributed by atoms with Crippen molar-refractivity contribution >= 4 is 17.6 Å². The standard InChI is InChI=1S/C15H22N4O6/c1-9-5-17(6-10(2)25-9)13(20)8-24-14(21)7-18-12(4)15(19(22)23)11(3)16-18/h9-10H,5-8H2,1-4H3/t9-,10-/m0/s1. The molecule has 0 aliphatic carbocycles. The number of ether oxygens (including phenoxy) is 2. The molecule has 0 N–H and O–H groups in total. The number of aryl methyl sites for hydroxylation is 1. The molecule has 1 aromatic rings. The second-order valence-corrected chi connectivity index (χ2v) is 6.15. The van der Waals surface area contributed by atoms with E-state index in [1.165, 1.54) is 18.5 Å². The molecule has 0 unspecified atom stereocenters. The summed E-state index contributed by atoms with van der Waals surface area (Å²) in [6.45, 7) is 6.98. The third kappa shape index (κ3) is 4.53. The Morgan fingerprint density at radius 3 is 2.44 bits per heavy atom. The van der Waals surface area contributed by atoms with E-state index < -0.39 is 10.9 Å². The number of morpholine rings is 1. The van der Waals surface area contributed by atoms with Gasteiger partial charge in [-0.25, -0.2) is 0 Å². The fourth-order valence-electron chi connectivity index (χ4n) is 2.89. The lowest BCUT2D eigenvalue weighted by Gasteiger charge is -2.35. The monoisotopic (exact) mass is 354 g/mol. The Balaban J connectivity index is 1.90. The SMILES string of the molecule is Cc1nn(CC(=O)OCC(=O)N2C[C@H](C)O[C@@H](C)C2)c(C)c1[N+](=O)[O-]. The van der Waals surface area contributed by atoms with Crippen LogP contribution in [0.4, 0.5) is 5.69 Å². The first kappa shape index (κ1) is 18.8. The molecule has 0 aromatic carbocycles. The summed E-state index contributed by atoms with van der Waals surface area (Å²) >= 11 is 0. The largest absolute Gasteiger partial charge is 0.454 e. The van der Waals surface area contributed by atoms with Crippen molar-refractivity contribution in [2.24, 2.45) is 0 Å². The number of rotatable bonds is 5. The Labute approximate surface area is 144 Å². The van der Waals surface area contributed by atoms with Gasteiger partial charge >= 0.3 is 11.7 Å². The Bertz CT molecular complexity index is 676. The predicted octanol–water partition coefficient (Wildman–Crippen LogP) is 0.587. The first-order valence-electron chi connectivity index (χ1n) is 7.96. The Hall–Kier alpha value is -2.49. The Morgan fingerprint density at radius 2 is 1.92 bits per heavy atom. The van der Waals surface area contributed by atoms with Gasteiger partial charge in [-0.05, 0) is 27.7 Å². The molecule has 25 heavy (non-hydrogen) atoms. The summed E-state index contributed by atoms with van der Waals surface area (Å²) in [5, 5.41) is 14.9. The maximum Gasteiger partial charge on any atom is 0.328 e. The van der Waals surface area contributed by atoms with E-state index >= 15 is 0 Å². The van der Waals surface area contributed by atoms with Crippen LogP contribution in [0.3, 0.4) is 0 Å². The molecule has 138 valence electrons. The third-order valence-electron chi connectivity index (χ3n) is 3.93. The van der Waals surface area contributed by atoms with Crippen LogP contribution in [0.15, 0.2) is 0 Å². The Kier molecular flexibility index (Phi) is 5.73. The zero-order valence-electron chi connectivity index (χ0n) is 14.7. The fraction of sp³-hybridized carbons (Fsp3) is 0.667. The van der Waals surface area contributed by atoms with Gasteiger partial charge in [0.25, 0.3) is 5.91 Å². The minimum absolute atomic E-state index is 0.0707. The van der Waals surface area contributed by atoms with Crippen LogP contribution in [-0.4, -0.2) is 63.4 Å². The third-order valence-corrected chi connectivity index (χ3v) is 3.93. The number of carbonyl (C=O) groups is 2. The van der Waals surface area contributed by atoms with Gasteiger partial charge in [0.15, 0.2) is 6.61 Å². The maximum atomic E-state index is 12.1. The molecule has 10 nitrogen and oxygen atoms in total. The summed E-state index contributed by atoms with van der Waals surface area (Å²) in [6, 6.07) is 0. The van der Waals surface area contributed by atoms with Gasteiger partial charge in [0, 0.05) is 13.1 Å². The van der Waals surface area contributed by atoms with E-state index in [4.69, 9.17) is 9.47 Å². The molecule has 2 heterocycles. The normalized spacial score (nSPS) is 20.4. The molecule has 0 saturated carbocycles. The Morgan fingerprint density at radius 1 is 1.32 bits per heavy atom. The van der Waals surface area contributed by atoms with Gasteiger partial charge < -0.3 is 14.4 Å². The molecule has 1 aromatic heterocycles. The van der Waals surface area contributed by atoms with Crippen molar-refractivity contribution in [1.82, 2.24) is 14.7 Å². The second-order valence-electron chi connectivity index (χ2n) is 6.15. The lowest BCUT2D eigenvalue weighted by molar-refractivity contribution is -0.386. The van der Waals surface area contributed by atoms with Gasteiger partial charge in [-0.3, -0.25) is 24.4 Å². The van der Waals surface area contributed by atoms with Crippen LogP contribution < -0.4 is 0 Å². The fourth-order valence-corrected chi connectivity index (χ4v) is 2.89. The van der Waals surface area contributed by atoms with Crippen molar-refractivity contribution in [2.75, 3.05) is 19.7 Å². The zero-order chi connectivity index (χ0) is 18.7. The predicted molar refractivity (Wildman–Crippen MR) is 85.9 cm³/mol. The van der Waals surface area contributed by atoms with Crippen molar-refractivity contribution in [3.8, 4) is 0 Å². The van der Waals surface area contributed by atoms with E-state index in [0.29, 0.717) is 13.1 Å². The molecule has 2 atom stereocenters. The highest BCUT2D eigenvalue weighted by molar-refractivity contribution is 5.80. The van der Waals surface area contributed by atoms with E-state index in [-0.39, 0.29) is 48.3 Å². The molecule has 10 heteroatoms. The molecular formula is C15H22N4O6. The maximum absolute atomic E-state index is 12.1. The quantitative estimate of drug-likeness (QED) is 0.431. The van der Waals surface area contributed by atoms with Gasteiger partial charge in [0.05, 0.1) is 17.1 Å². The summed E-state index contributed by atoms with van der Waals surface area (Å²) in [4.78, 5) is 36.1. The van der Waals surface area contributed by atoms with E-state index in [9.17, 15) is 19.7 Å². The number of nitrogens with zero attached hydrogens (tertiary/aromatic N) is 4. The van der Waals surface area contributed by atoms with Gasteiger partial charge in [-0.1, -0.05) is 0 Å². The van der Waals surface area contributed by atoms with E-state index in [1.807, 2.05) is 13.8 Å². The van der Waals surface area contributed by atoms with Crippen molar-refractivity contribution in [3.05, 3.63) is 21.5 Å². The van der Waals surface area contributed by atoms with E-state index in [2.05, 4.69) is 5.10 Å². The van der Waals surface area contributed by atoms with Crippen molar-refractivity contribution in [3.63, 3.8) is 0 Å². The number of hydrogen-bond acceptors (Lipinski definition) is 7. The van der Waals surface area contributed by atoms with Crippen LogP contribution in [0, 0.1) is 24.0 Å². The first-order chi connectivity index (χ1) is 11.7. The van der Waals surface area contributed by atoms with E-state index in [1.54, 1.807) is 4.90 Å². The molecule has 1 amide bonds. The van der Waals surface area contributed by atoms with Crippen LogP contribution in [0.25, 0.3) is 0 Å². The smallest absolute Gasteiger partial charge is 0.328 e. The summed E-state index contributed by atoms with van der Waals surface area (Å²) in [7, 11) is 0. The lowest BCUT2D eigenvalue weighted by Crippen LogP contribution is -2.49. The highest BCUT2D eigenvalue weighted by Crippen LogP contribution is 2.21. The van der Waals surface area contributed by atoms with Gasteiger partial charge in [-0.2, -0.15) is 5.10 Å². The average molecular weight is 354 g/mol. The second kappa shape index (κ2) is 7.60. The molecule has 1 aliphatic rings. The zero-order valence-corrected chi connectivity index (χ0v) is 14.7. The molecule has 0 spiro atoms. The van der Waals surface area contributed by atoms with Crippen LogP contribution in [0.2, 0.25) is 0 Å². The van der Waals surface area contributed by atoms with Crippen LogP contribution in [0.1, 0.15) is 25.2 Å². The molecule has 2 rings (SSSR count). The van der Waals surface area contributed by atoms with Crippen molar-refractivity contribution in [1.29, 1.82) is 0 Å². The van der Waals surface area contributed by atoms with Gasteiger partial charge in [0.2, 0.25) is 0 Å².